The lowest BCUT2D eigenvalue weighted by Gasteiger charge is -2.12. The molecule has 0 aliphatic carbocycles. The van der Waals surface area contributed by atoms with E-state index in [4.69, 9.17) is 4.74 Å². The van der Waals surface area contributed by atoms with Crippen molar-refractivity contribution in [1.82, 2.24) is 15.0 Å². The van der Waals surface area contributed by atoms with Crippen LogP contribution in [0.1, 0.15) is 23.6 Å². The fourth-order valence-electron chi connectivity index (χ4n) is 3.39. The largest absolute Gasteiger partial charge is 0.482 e. The maximum absolute atomic E-state index is 12.4. The summed E-state index contributed by atoms with van der Waals surface area (Å²) < 4.78 is 6.57. The molecule has 0 aliphatic rings. The molecule has 0 saturated carbocycles. The van der Waals surface area contributed by atoms with E-state index in [0.29, 0.717) is 17.0 Å². The van der Waals surface area contributed by atoms with Gasteiger partial charge in [-0.3, -0.25) is 4.79 Å². The van der Waals surface area contributed by atoms with Gasteiger partial charge >= 0.3 is 0 Å². The van der Waals surface area contributed by atoms with Crippen molar-refractivity contribution in [3.8, 4) is 11.4 Å². The number of nitrogens with one attached hydrogen (secondary N) is 1. The van der Waals surface area contributed by atoms with E-state index in [1.165, 1.54) is 5.56 Å². The summed E-state index contributed by atoms with van der Waals surface area (Å²) in [6.45, 7) is 6.01. The average Bonchev–Trinajstić information content (AvgIpc) is 3.16. The highest BCUT2D eigenvalue weighted by atomic mass is 79.9. The molecule has 31 heavy (non-hydrogen) atoms. The van der Waals surface area contributed by atoms with Crippen LogP contribution in [0.5, 0.6) is 5.75 Å². The molecule has 158 valence electrons. The standard InChI is InChI=1S/C24H23BrN4O2/c1-4-17-5-8-19(9-6-17)29-27-21-10-7-18(13-22(21)28-29)26-23(30)14-31-24-16(3)11-15(2)12-20(24)25/h5-13H,4,14H2,1-3H3,(H,26,30). The average molecular weight is 479 g/mol. The van der Waals surface area contributed by atoms with Gasteiger partial charge in [0.25, 0.3) is 5.91 Å². The molecule has 0 bridgehead atoms. The summed E-state index contributed by atoms with van der Waals surface area (Å²) >= 11 is 3.50. The molecule has 0 fully saturated rings. The lowest BCUT2D eigenvalue weighted by atomic mass is 10.1. The van der Waals surface area contributed by atoms with E-state index in [1.807, 2.05) is 56.3 Å². The van der Waals surface area contributed by atoms with Crippen molar-refractivity contribution in [3.05, 3.63) is 75.8 Å². The number of ether oxygens (including phenoxy) is 1. The number of carbonyl (C=O) groups is 1. The van der Waals surface area contributed by atoms with Gasteiger partial charge in [0.05, 0.1) is 10.2 Å². The molecule has 0 aliphatic heterocycles. The van der Waals surface area contributed by atoms with E-state index < -0.39 is 0 Å². The molecular formula is C24H23BrN4O2. The van der Waals surface area contributed by atoms with Gasteiger partial charge in [0.15, 0.2) is 6.61 Å². The zero-order chi connectivity index (χ0) is 22.0. The number of fused-ring (bicyclic) bond motifs is 1. The number of hydrogen-bond donors (Lipinski definition) is 1. The number of aryl methyl sites for hydroxylation is 3. The summed E-state index contributed by atoms with van der Waals surface area (Å²) in [4.78, 5) is 14.0. The van der Waals surface area contributed by atoms with Crippen LogP contribution in [0, 0.1) is 13.8 Å². The molecule has 4 aromatic rings. The highest BCUT2D eigenvalue weighted by Crippen LogP contribution is 2.30. The number of hydrogen-bond acceptors (Lipinski definition) is 4. The molecule has 1 N–H and O–H groups in total. The third kappa shape index (κ3) is 4.77. The SMILES string of the molecule is CCc1ccc(-n2nc3ccc(NC(=O)COc4c(C)cc(C)cc4Br)cc3n2)cc1. The zero-order valence-electron chi connectivity index (χ0n) is 17.6. The summed E-state index contributed by atoms with van der Waals surface area (Å²) in [5.41, 5.74) is 6.37. The Labute approximate surface area is 189 Å². The normalized spacial score (nSPS) is 11.0. The molecule has 7 heteroatoms. The molecule has 1 aromatic heterocycles. The minimum atomic E-state index is -0.242. The Morgan fingerprint density at radius 2 is 1.77 bits per heavy atom. The summed E-state index contributed by atoms with van der Waals surface area (Å²) in [6.07, 6.45) is 0.988. The second kappa shape index (κ2) is 8.89. The molecular weight excluding hydrogens is 456 g/mol. The van der Waals surface area contributed by atoms with Gasteiger partial charge in [0.1, 0.15) is 16.8 Å². The Bertz CT molecular complexity index is 1230. The molecule has 0 radical (unpaired) electrons. The predicted octanol–water partition coefficient (Wildman–Crippen LogP) is 5.38. The van der Waals surface area contributed by atoms with Crippen LogP contribution in [0.25, 0.3) is 16.7 Å². The summed E-state index contributed by atoms with van der Waals surface area (Å²) in [5.74, 6) is 0.432. The first kappa shape index (κ1) is 21.1. The predicted molar refractivity (Wildman–Crippen MR) is 126 cm³/mol. The number of nitrogens with zero attached hydrogens (tertiary/aromatic N) is 3. The molecule has 1 heterocycles. The van der Waals surface area contributed by atoms with Gasteiger partial charge in [-0.25, -0.2) is 0 Å². The highest BCUT2D eigenvalue weighted by Gasteiger charge is 2.11. The van der Waals surface area contributed by atoms with Gasteiger partial charge in [0, 0.05) is 5.69 Å². The fraction of sp³-hybridized carbons (Fsp3) is 0.208. The van der Waals surface area contributed by atoms with Crippen molar-refractivity contribution in [2.24, 2.45) is 0 Å². The van der Waals surface area contributed by atoms with Gasteiger partial charge in [-0.2, -0.15) is 4.80 Å². The lowest BCUT2D eigenvalue weighted by molar-refractivity contribution is -0.118. The van der Waals surface area contributed by atoms with Crippen LogP contribution in [0.4, 0.5) is 5.69 Å². The third-order valence-corrected chi connectivity index (χ3v) is 5.55. The van der Waals surface area contributed by atoms with Gasteiger partial charge in [0.2, 0.25) is 0 Å². The van der Waals surface area contributed by atoms with Crippen molar-refractivity contribution < 1.29 is 9.53 Å². The first-order valence-electron chi connectivity index (χ1n) is 10.1. The minimum Gasteiger partial charge on any atom is -0.482 e. The number of carbonyl (C=O) groups excluding carboxylic acids is 1. The Morgan fingerprint density at radius 3 is 2.48 bits per heavy atom. The van der Waals surface area contributed by atoms with E-state index >= 15 is 0 Å². The molecule has 3 aromatic carbocycles. The van der Waals surface area contributed by atoms with Crippen LogP contribution in [-0.2, 0) is 11.2 Å². The van der Waals surface area contributed by atoms with Crippen molar-refractivity contribution in [3.63, 3.8) is 0 Å². The van der Waals surface area contributed by atoms with Crippen molar-refractivity contribution in [2.45, 2.75) is 27.2 Å². The quantitative estimate of drug-likeness (QED) is 0.403. The van der Waals surface area contributed by atoms with Crippen LogP contribution in [0.3, 0.4) is 0 Å². The van der Waals surface area contributed by atoms with Gasteiger partial charge in [-0.05, 0) is 89.3 Å². The van der Waals surface area contributed by atoms with E-state index in [-0.39, 0.29) is 12.5 Å². The number of halogens is 1. The highest BCUT2D eigenvalue weighted by molar-refractivity contribution is 9.10. The second-order valence-electron chi connectivity index (χ2n) is 7.44. The number of benzene rings is 3. The van der Waals surface area contributed by atoms with Crippen LogP contribution in [-0.4, -0.2) is 27.5 Å². The van der Waals surface area contributed by atoms with Gasteiger partial charge in [-0.15, -0.1) is 10.2 Å². The topological polar surface area (TPSA) is 69.0 Å². The van der Waals surface area contributed by atoms with Crippen molar-refractivity contribution in [2.75, 3.05) is 11.9 Å². The van der Waals surface area contributed by atoms with E-state index in [2.05, 4.69) is 50.5 Å². The van der Waals surface area contributed by atoms with Crippen LogP contribution in [0.15, 0.2) is 59.1 Å². The lowest BCUT2D eigenvalue weighted by Crippen LogP contribution is -2.20. The van der Waals surface area contributed by atoms with Crippen LogP contribution >= 0.6 is 15.9 Å². The summed E-state index contributed by atoms with van der Waals surface area (Å²) in [7, 11) is 0. The molecule has 0 unspecified atom stereocenters. The Morgan fingerprint density at radius 1 is 1.03 bits per heavy atom. The number of amides is 1. The molecule has 4 rings (SSSR count). The third-order valence-electron chi connectivity index (χ3n) is 4.96. The van der Waals surface area contributed by atoms with Crippen molar-refractivity contribution >= 4 is 38.6 Å². The maximum Gasteiger partial charge on any atom is 0.262 e. The number of anilines is 1. The van der Waals surface area contributed by atoms with E-state index in [9.17, 15) is 4.79 Å². The first-order valence-corrected chi connectivity index (χ1v) is 10.9. The molecule has 1 amide bonds. The van der Waals surface area contributed by atoms with Gasteiger partial charge in [-0.1, -0.05) is 25.1 Å². The van der Waals surface area contributed by atoms with Crippen molar-refractivity contribution in [1.29, 1.82) is 0 Å². The Hall–Kier alpha value is -3.19. The zero-order valence-corrected chi connectivity index (χ0v) is 19.2. The molecule has 0 saturated heterocycles. The number of rotatable bonds is 6. The van der Waals surface area contributed by atoms with Crippen LogP contribution in [0.2, 0.25) is 0 Å². The van der Waals surface area contributed by atoms with E-state index in [1.54, 1.807) is 4.80 Å². The Kier molecular flexibility index (Phi) is 6.04. The van der Waals surface area contributed by atoms with E-state index in [0.717, 1.165) is 33.2 Å². The number of aromatic nitrogens is 3. The second-order valence-corrected chi connectivity index (χ2v) is 8.30. The minimum absolute atomic E-state index is 0.0863. The first-order chi connectivity index (χ1) is 14.9. The van der Waals surface area contributed by atoms with Crippen LogP contribution < -0.4 is 10.1 Å². The molecule has 6 nitrogen and oxygen atoms in total. The monoisotopic (exact) mass is 478 g/mol. The fourth-order valence-corrected chi connectivity index (χ4v) is 4.18. The Balaban J connectivity index is 1.45. The summed E-state index contributed by atoms with van der Waals surface area (Å²) in [5, 5.41) is 11.9. The summed E-state index contributed by atoms with van der Waals surface area (Å²) in [6, 6.07) is 17.6. The molecule has 0 spiro atoms. The molecule has 0 atom stereocenters. The van der Waals surface area contributed by atoms with Gasteiger partial charge < -0.3 is 10.1 Å². The maximum atomic E-state index is 12.4. The smallest absolute Gasteiger partial charge is 0.262 e.